The molecule has 0 heterocycles. The fourth-order valence-corrected chi connectivity index (χ4v) is 5.42. The highest BCUT2D eigenvalue weighted by molar-refractivity contribution is 7.92. The second-order valence-corrected chi connectivity index (χ2v) is 12.9. The minimum atomic E-state index is -3.55. The van der Waals surface area contributed by atoms with E-state index in [4.69, 9.17) is 23.2 Å². The van der Waals surface area contributed by atoms with Gasteiger partial charge >= 0.3 is 0 Å². The van der Waals surface area contributed by atoms with Crippen LogP contribution in [0.4, 0.5) is 5.69 Å². The largest absolute Gasteiger partial charge is 0.350 e. The highest BCUT2D eigenvalue weighted by Crippen LogP contribution is 2.28. The molecule has 1 atom stereocenters. The third-order valence-electron chi connectivity index (χ3n) is 5.75. The number of sulfonamides is 1. The van der Waals surface area contributed by atoms with Crippen LogP contribution < -0.4 is 9.62 Å². The van der Waals surface area contributed by atoms with Crippen LogP contribution in [0.15, 0.2) is 42.5 Å². The molecule has 0 saturated carbocycles. The van der Waals surface area contributed by atoms with Crippen molar-refractivity contribution in [2.24, 2.45) is 0 Å². The van der Waals surface area contributed by atoms with E-state index in [1.165, 1.54) is 9.21 Å². The van der Waals surface area contributed by atoms with Crippen molar-refractivity contribution >= 4 is 50.7 Å². The maximum atomic E-state index is 13.5. The summed E-state index contributed by atoms with van der Waals surface area (Å²) in [6, 6.07) is 11.5. The van der Waals surface area contributed by atoms with E-state index in [9.17, 15) is 18.0 Å². The van der Waals surface area contributed by atoms with Crippen molar-refractivity contribution in [3.05, 3.63) is 63.6 Å². The molecule has 0 aromatic heterocycles. The first-order chi connectivity index (χ1) is 17.1. The number of carbonyl (C=O) groups is 2. The summed E-state index contributed by atoms with van der Waals surface area (Å²) < 4.78 is 26.2. The van der Waals surface area contributed by atoms with Crippen LogP contribution >= 0.6 is 23.2 Å². The van der Waals surface area contributed by atoms with Crippen molar-refractivity contribution in [2.75, 3.05) is 17.1 Å². The normalized spacial score (nSPS) is 12.6. The molecule has 0 spiro atoms. The van der Waals surface area contributed by atoms with Crippen LogP contribution in [0.3, 0.4) is 0 Å². The Balaban J connectivity index is 2.29. The van der Waals surface area contributed by atoms with Gasteiger partial charge in [0.05, 0.1) is 11.9 Å². The molecule has 2 aromatic rings. The quantitative estimate of drug-likeness (QED) is 0.383. The molecule has 0 aliphatic rings. The Kier molecular flexibility index (Phi) is 10.9. The SMILES string of the molecule is CC[C@H](C(=O)NC(C)(C)C)N(Cc1c(Cl)cccc1Cl)C(=O)CCCN(c1ccc(C)cc1)S(C)(=O)=O. The molecule has 0 unspecified atom stereocenters. The predicted octanol–water partition coefficient (Wildman–Crippen LogP) is 5.57. The van der Waals surface area contributed by atoms with Crippen LogP contribution in [0, 0.1) is 6.92 Å². The minimum absolute atomic E-state index is 0.0409. The van der Waals surface area contributed by atoms with Gasteiger partial charge in [-0.15, -0.1) is 0 Å². The van der Waals surface area contributed by atoms with E-state index in [1.54, 1.807) is 30.3 Å². The van der Waals surface area contributed by atoms with E-state index in [0.29, 0.717) is 27.7 Å². The van der Waals surface area contributed by atoms with Crippen LogP contribution in [-0.4, -0.2) is 49.5 Å². The number of rotatable bonds is 11. The van der Waals surface area contributed by atoms with Gasteiger partial charge in [-0.25, -0.2) is 8.42 Å². The van der Waals surface area contributed by atoms with Gasteiger partial charge in [0.15, 0.2) is 0 Å². The number of aryl methyl sites for hydroxylation is 1. The molecule has 1 N–H and O–H groups in total. The van der Waals surface area contributed by atoms with E-state index in [1.807, 2.05) is 46.8 Å². The molecule has 2 rings (SSSR count). The first-order valence-electron chi connectivity index (χ1n) is 12.2. The molecule has 0 saturated heterocycles. The number of amides is 2. The summed E-state index contributed by atoms with van der Waals surface area (Å²) >= 11 is 12.8. The van der Waals surface area contributed by atoms with Gasteiger partial charge < -0.3 is 10.2 Å². The molecule has 2 aromatic carbocycles. The van der Waals surface area contributed by atoms with Crippen molar-refractivity contribution in [3.63, 3.8) is 0 Å². The van der Waals surface area contributed by atoms with E-state index in [2.05, 4.69) is 5.32 Å². The zero-order chi connectivity index (χ0) is 28.0. The molecule has 10 heteroatoms. The van der Waals surface area contributed by atoms with Crippen LogP contribution in [-0.2, 0) is 26.2 Å². The number of nitrogens with one attached hydrogen (secondary N) is 1. The number of hydrogen-bond acceptors (Lipinski definition) is 4. The Bertz CT molecular complexity index is 1170. The number of anilines is 1. The van der Waals surface area contributed by atoms with Gasteiger partial charge in [-0.05, 0) is 64.8 Å². The van der Waals surface area contributed by atoms with Gasteiger partial charge in [0.2, 0.25) is 21.8 Å². The second kappa shape index (κ2) is 13.0. The zero-order valence-corrected chi connectivity index (χ0v) is 24.7. The third-order valence-corrected chi connectivity index (χ3v) is 7.65. The van der Waals surface area contributed by atoms with Crippen molar-refractivity contribution < 1.29 is 18.0 Å². The molecule has 0 bridgehead atoms. The van der Waals surface area contributed by atoms with Crippen molar-refractivity contribution in [1.82, 2.24) is 10.2 Å². The molecule has 204 valence electrons. The summed E-state index contributed by atoms with van der Waals surface area (Å²) in [6.07, 6.45) is 1.84. The number of halogens is 2. The fraction of sp³-hybridized carbons (Fsp3) is 0.481. The van der Waals surface area contributed by atoms with Crippen molar-refractivity contribution in [3.8, 4) is 0 Å². The molecule has 0 fully saturated rings. The summed E-state index contributed by atoms with van der Waals surface area (Å²) in [4.78, 5) is 28.2. The van der Waals surface area contributed by atoms with E-state index >= 15 is 0 Å². The second-order valence-electron chi connectivity index (χ2n) is 10.2. The number of nitrogens with zero attached hydrogens (tertiary/aromatic N) is 2. The average Bonchev–Trinajstić information content (AvgIpc) is 2.77. The molecule has 37 heavy (non-hydrogen) atoms. The third kappa shape index (κ3) is 9.20. The van der Waals surface area contributed by atoms with Gasteiger partial charge in [-0.3, -0.25) is 13.9 Å². The standard InChI is InChI=1S/C27H37Cl2N3O4S/c1-7-24(26(34)30-27(3,4)5)31(18-21-22(28)10-8-11-23(21)29)25(33)12-9-17-32(37(6,35)36)20-15-13-19(2)14-16-20/h8,10-11,13-16,24H,7,9,12,17-18H2,1-6H3,(H,30,34)/t24-/m1/s1. The molecular weight excluding hydrogens is 533 g/mol. The maximum Gasteiger partial charge on any atom is 0.243 e. The maximum absolute atomic E-state index is 13.5. The summed E-state index contributed by atoms with van der Waals surface area (Å²) in [5, 5.41) is 3.76. The van der Waals surface area contributed by atoms with Crippen LogP contribution in [0.1, 0.15) is 58.1 Å². The lowest BCUT2D eigenvalue weighted by Crippen LogP contribution is -2.53. The first-order valence-corrected chi connectivity index (χ1v) is 14.8. The molecule has 0 radical (unpaired) electrons. The van der Waals surface area contributed by atoms with E-state index in [-0.39, 0.29) is 37.7 Å². The predicted molar refractivity (Wildman–Crippen MR) is 152 cm³/mol. The van der Waals surface area contributed by atoms with Crippen molar-refractivity contribution in [1.29, 1.82) is 0 Å². The Labute approximate surface area is 231 Å². The van der Waals surface area contributed by atoms with Gasteiger partial charge in [-0.1, -0.05) is 53.9 Å². The lowest BCUT2D eigenvalue weighted by atomic mass is 10.0. The zero-order valence-electron chi connectivity index (χ0n) is 22.3. The highest BCUT2D eigenvalue weighted by Gasteiger charge is 2.31. The topological polar surface area (TPSA) is 86.8 Å². The lowest BCUT2D eigenvalue weighted by molar-refractivity contribution is -0.142. The molecule has 0 aliphatic carbocycles. The van der Waals surface area contributed by atoms with Gasteiger partial charge in [0.1, 0.15) is 6.04 Å². The average molecular weight is 571 g/mol. The van der Waals surface area contributed by atoms with E-state index < -0.39 is 21.6 Å². The molecule has 2 amide bonds. The van der Waals surface area contributed by atoms with Gasteiger partial charge in [0, 0.05) is 40.7 Å². The lowest BCUT2D eigenvalue weighted by Gasteiger charge is -2.33. The highest BCUT2D eigenvalue weighted by atomic mass is 35.5. The Morgan fingerprint density at radius 2 is 1.59 bits per heavy atom. The number of benzene rings is 2. The van der Waals surface area contributed by atoms with Crippen LogP contribution in [0.5, 0.6) is 0 Å². The number of hydrogen-bond donors (Lipinski definition) is 1. The summed E-state index contributed by atoms with van der Waals surface area (Å²) in [6.45, 7) is 9.57. The summed E-state index contributed by atoms with van der Waals surface area (Å²) in [5.74, 6) is -0.562. The molecular formula is C27H37Cl2N3O4S. The van der Waals surface area contributed by atoms with Crippen molar-refractivity contribution in [2.45, 2.75) is 72.0 Å². The Morgan fingerprint density at radius 1 is 1.03 bits per heavy atom. The molecule has 0 aliphatic heterocycles. The fourth-order valence-electron chi connectivity index (χ4n) is 3.94. The monoisotopic (exact) mass is 569 g/mol. The Hall–Kier alpha value is -2.29. The van der Waals surface area contributed by atoms with Gasteiger partial charge in [-0.2, -0.15) is 0 Å². The van der Waals surface area contributed by atoms with Crippen LogP contribution in [0.25, 0.3) is 0 Å². The Morgan fingerprint density at radius 3 is 2.08 bits per heavy atom. The summed E-state index contributed by atoms with van der Waals surface area (Å²) in [7, 11) is -3.55. The van der Waals surface area contributed by atoms with Gasteiger partial charge in [0.25, 0.3) is 0 Å². The smallest absolute Gasteiger partial charge is 0.243 e. The van der Waals surface area contributed by atoms with Crippen LogP contribution in [0.2, 0.25) is 10.0 Å². The summed E-state index contributed by atoms with van der Waals surface area (Å²) in [5.41, 5.74) is 1.63. The first kappa shape index (κ1) is 30.9. The number of carbonyl (C=O) groups excluding carboxylic acids is 2. The minimum Gasteiger partial charge on any atom is -0.350 e. The van der Waals surface area contributed by atoms with E-state index in [0.717, 1.165) is 11.8 Å². The molecule has 7 nitrogen and oxygen atoms in total.